The highest BCUT2D eigenvalue weighted by Gasteiger charge is 2.24. The molecule has 1 amide bonds. The largest absolute Gasteiger partial charge is 0.507 e. The lowest BCUT2D eigenvalue weighted by atomic mass is 9.86. The van der Waals surface area contributed by atoms with E-state index in [4.69, 9.17) is 11.6 Å². The molecule has 0 spiro atoms. The lowest BCUT2D eigenvalue weighted by Gasteiger charge is -2.22. The minimum Gasteiger partial charge on any atom is -0.507 e. The van der Waals surface area contributed by atoms with Crippen molar-refractivity contribution >= 4 is 34.7 Å². The second-order valence-corrected chi connectivity index (χ2v) is 10.8. The van der Waals surface area contributed by atoms with Gasteiger partial charge in [0.25, 0.3) is 0 Å². The maximum atomic E-state index is 14.6. The Kier molecular flexibility index (Phi) is 7.14. The smallest absolute Gasteiger partial charge is 0.224 e. The molecule has 4 aromatic rings. The van der Waals surface area contributed by atoms with E-state index in [1.165, 1.54) is 18.3 Å². The number of nitrogens with zero attached hydrogens (tertiary/aromatic N) is 1. The zero-order valence-electron chi connectivity index (χ0n) is 21.9. The minimum atomic E-state index is -0.829. The number of nitrogens with one attached hydrogen (secondary N) is 1. The highest BCUT2D eigenvalue weighted by atomic mass is 35.5. The molecule has 1 unspecified atom stereocenters. The Morgan fingerprint density at radius 2 is 1.80 bits per heavy atom. The van der Waals surface area contributed by atoms with Gasteiger partial charge in [-0.05, 0) is 59.9 Å². The second-order valence-electron chi connectivity index (χ2n) is 10.4. The van der Waals surface area contributed by atoms with E-state index in [1.54, 1.807) is 18.2 Å². The van der Waals surface area contributed by atoms with Crippen LogP contribution in [-0.2, 0) is 16.0 Å². The van der Waals surface area contributed by atoms with Crippen molar-refractivity contribution in [1.82, 2.24) is 4.98 Å². The van der Waals surface area contributed by atoms with Crippen molar-refractivity contribution < 1.29 is 23.5 Å². The number of anilines is 1. The predicted octanol–water partition coefficient (Wildman–Crippen LogP) is 8.02. The molecule has 1 aliphatic heterocycles. The molecule has 2 bridgehead atoms. The Balaban J connectivity index is 1.43. The third-order valence-electron chi connectivity index (χ3n) is 7.68. The van der Waals surface area contributed by atoms with Crippen LogP contribution in [0.1, 0.15) is 54.0 Å². The predicted molar refractivity (Wildman–Crippen MR) is 155 cm³/mol. The zero-order valence-corrected chi connectivity index (χ0v) is 22.6. The molecule has 3 aromatic carbocycles. The Hall–Kier alpha value is -4.36. The van der Waals surface area contributed by atoms with E-state index in [9.17, 15) is 23.5 Å². The summed E-state index contributed by atoms with van der Waals surface area (Å²) in [5, 5.41) is 13.4. The molecular weight excluding hydrogens is 546 g/mol. The van der Waals surface area contributed by atoms with E-state index < -0.39 is 11.6 Å². The Morgan fingerprint density at radius 3 is 2.61 bits per heavy atom. The molecule has 6 rings (SSSR count). The number of rotatable bonds is 2. The Labute approximate surface area is 240 Å². The number of ketones is 1. The number of fused-ring (bicyclic) bond motifs is 5. The van der Waals surface area contributed by atoms with Crippen molar-refractivity contribution in [2.45, 2.75) is 38.0 Å². The molecule has 0 saturated heterocycles. The molecule has 0 fully saturated rings. The number of aliphatic hydroxyl groups is 1. The summed E-state index contributed by atoms with van der Waals surface area (Å²) >= 11 is 5.89. The Morgan fingerprint density at radius 1 is 0.951 bits per heavy atom. The highest BCUT2D eigenvalue weighted by Crippen LogP contribution is 2.39. The van der Waals surface area contributed by atoms with Crippen LogP contribution in [0.25, 0.3) is 28.0 Å². The van der Waals surface area contributed by atoms with E-state index in [1.807, 2.05) is 30.3 Å². The molecular formula is C33H25ClF2N2O3. The number of hydrogen-bond acceptors (Lipinski definition) is 4. The van der Waals surface area contributed by atoms with Crippen molar-refractivity contribution in [3.8, 4) is 22.3 Å². The molecule has 2 aliphatic rings. The number of pyridine rings is 1. The monoisotopic (exact) mass is 570 g/mol. The topological polar surface area (TPSA) is 79.3 Å². The molecule has 206 valence electrons. The van der Waals surface area contributed by atoms with Crippen LogP contribution in [0.4, 0.5) is 14.5 Å². The molecule has 2 N–H and O–H groups in total. The molecule has 1 aromatic heterocycles. The number of hydrogen-bond donors (Lipinski definition) is 2. The fraction of sp³-hybridized carbons (Fsp3) is 0.182. The summed E-state index contributed by atoms with van der Waals surface area (Å²) in [6.45, 7) is 0. The van der Waals surface area contributed by atoms with Gasteiger partial charge in [0.1, 0.15) is 11.6 Å². The summed E-state index contributed by atoms with van der Waals surface area (Å²) in [4.78, 5) is 29.5. The molecule has 0 saturated carbocycles. The first kappa shape index (κ1) is 26.8. The second kappa shape index (κ2) is 10.9. The van der Waals surface area contributed by atoms with Gasteiger partial charge in [-0.1, -0.05) is 48.4 Å². The molecule has 41 heavy (non-hydrogen) atoms. The average molecular weight is 571 g/mol. The van der Waals surface area contributed by atoms with Gasteiger partial charge in [0.15, 0.2) is 11.6 Å². The zero-order chi connectivity index (χ0) is 28.7. The molecule has 5 nitrogen and oxygen atoms in total. The van der Waals surface area contributed by atoms with Crippen LogP contribution in [0.2, 0.25) is 5.02 Å². The number of benzene rings is 3. The third kappa shape index (κ3) is 5.25. The van der Waals surface area contributed by atoms with Crippen molar-refractivity contribution in [2.24, 2.45) is 0 Å². The van der Waals surface area contributed by atoms with Crippen molar-refractivity contribution in [3.63, 3.8) is 0 Å². The lowest BCUT2D eigenvalue weighted by Crippen LogP contribution is -2.15. The maximum absolute atomic E-state index is 14.6. The standard InChI is InChI=1S/C33H25ClF2N2O3/c34-26-9-10-27(35)32(33(26)36)20-8-11-28(37-17-20)23-6-1-2-7-31(41)38-29-14-21-13-22(39)15-30(40)25(21)16-24(29)19-5-3-4-18(23)12-19/h3-5,8-12,14-17,23,40H,1-2,6-7,13H2,(H,38,41). The van der Waals surface area contributed by atoms with Gasteiger partial charge in [-0.25, -0.2) is 8.78 Å². The molecule has 8 heteroatoms. The van der Waals surface area contributed by atoms with Crippen LogP contribution < -0.4 is 5.32 Å². The summed E-state index contributed by atoms with van der Waals surface area (Å²) < 4.78 is 29.1. The highest BCUT2D eigenvalue weighted by molar-refractivity contribution is 6.31. The van der Waals surface area contributed by atoms with E-state index in [0.717, 1.165) is 34.9 Å². The maximum Gasteiger partial charge on any atom is 0.224 e. The first-order valence-corrected chi connectivity index (χ1v) is 13.8. The third-order valence-corrected chi connectivity index (χ3v) is 7.97. The summed E-state index contributed by atoms with van der Waals surface area (Å²) in [5.74, 6) is -2.10. The van der Waals surface area contributed by atoms with Gasteiger partial charge in [0, 0.05) is 59.1 Å². The normalized spacial score (nSPS) is 17.0. The number of aliphatic hydroxyl groups excluding tert-OH is 1. The van der Waals surface area contributed by atoms with Crippen molar-refractivity contribution in [1.29, 1.82) is 0 Å². The van der Waals surface area contributed by atoms with E-state index in [2.05, 4.69) is 10.3 Å². The summed E-state index contributed by atoms with van der Waals surface area (Å²) in [5.41, 5.74) is 5.15. The number of carbonyl (C=O) groups excluding carboxylic acids is 2. The summed E-state index contributed by atoms with van der Waals surface area (Å²) in [6.07, 6.45) is 5.28. The summed E-state index contributed by atoms with van der Waals surface area (Å²) in [6, 6.07) is 17.2. The first-order valence-electron chi connectivity index (χ1n) is 13.4. The fourth-order valence-corrected chi connectivity index (χ4v) is 5.80. The van der Waals surface area contributed by atoms with Crippen LogP contribution in [0.15, 0.2) is 72.9 Å². The van der Waals surface area contributed by atoms with Crippen molar-refractivity contribution in [2.75, 3.05) is 5.32 Å². The average Bonchev–Trinajstić information content (AvgIpc) is 2.95. The van der Waals surface area contributed by atoms with Gasteiger partial charge in [0.2, 0.25) is 5.91 Å². The van der Waals surface area contributed by atoms with Crippen molar-refractivity contribution in [3.05, 3.63) is 112 Å². The van der Waals surface area contributed by atoms with Crippen LogP contribution in [0.5, 0.6) is 0 Å². The molecule has 1 atom stereocenters. The minimum absolute atomic E-state index is 0.0950. The number of halogens is 3. The van der Waals surface area contributed by atoms with Gasteiger partial charge in [0.05, 0.1) is 10.6 Å². The summed E-state index contributed by atoms with van der Waals surface area (Å²) in [7, 11) is 0. The lowest BCUT2D eigenvalue weighted by molar-refractivity contribution is -0.116. The SMILES string of the molecule is O=C1C=C(O)c2cc3c(cc2C1)NC(=O)CCCCC(c1ccc(-c2c(F)ccc(Cl)c2F)cn1)c1cccc-3c1. The van der Waals surface area contributed by atoms with Gasteiger partial charge in [-0.2, -0.15) is 0 Å². The molecule has 0 radical (unpaired) electrons. The van der Waals surface area contributed by atoms with Gasteiger partial charge in [-0.15, -0.1) is 0 Å². The van der Waals surface area contributed by atoms with E-state index in [-0.39, 0.29) is 45.9 Å². The molecule has 2 heterocycles. The van der Waals surface area contributed by atoms with Crippen LogP contribution in [0.3, 0.4) is 0 Å². The van der Waals surface area contributed by atoms with E-state index >= 15 is 0 Å². The number of carbonyl (C=O) groups is 2. The van der Waals surface area contributed by atoms with Gasteiger partial charge >= 0.3 is 0 Å². The van der Waals surface area contributed by atoms with Gasteiger partial charge in [-0.3, -0.25) is 14.6 Å². The quantitative estimate of drug-likeness (QED) is 0.239. The number of allylic oxidation sites excluding steroid dienone is 1. The van der Waals surface area contributed by atoms with E-state index in [0.29, 0.717) is 36.1 Å². The van der Waals surface area contributed by atoms with Crippen LogP contribution in [0, 0.1) is 11.6 Å². The number of amides is 1. The van der Waals surface area contributed by atoms with Gasteiger partial charge < -0.3 is 10.4 Å². The van der Waals surface area contributed by atoms with Crippen LogP contribution >= 0.6 is 11.6 Å². The van der Waals surface area contributed by atoms with Crippen LogP contribution in [-0.4, -0.2) is 21.8 Å². The number of aromatic nitrogens is 1. The molecule has 1 aliphatic carbocycles. The first-order chi connectivity index (χ1) is 19.8. The fourth-order valence-electron chi connectivity index (χ4n) is 5.65. The Bertz CT molecular complexity index is 1730.